The number of alkyl halides is 16. The van der Waals surface area contributed by atoms with Crippen molar-refractivity contribution in [1.82, 2.24) is 0 Å². The SMILES string of the molecule is O=S(=O)(O)C(F)(F)C(F)(F)C(F)(F)C(F)C(F)(F)C(F)(F)C(F)(F)C(F)(F)F. The second-order valence-electron chi connectivity index (χ2n) is 4.82. The third kappa shape index (κ3) is 3.34. The van der Waals surface area contributed by atoms with Crippen LogP contribution in [-0.4, -0.2) is 60.2 Å². The molecule has 0 fully saturated rings. The summed E-state index contributed by atoms with van der Waals surface area (Å²) < 4.78 is 229. The summed E-state index contributed by atoms with van der Waals surface area (Å²) in [7, 11) is -7.70. The molecule has 0 rings (SSSR count). The van der Waals surface area contributed by atoms with E-state index in [-0.39, 0.29) is 0 Å². The fraction of sp³-hybridized carbons (Fsp3) is 1.00. The molecule has 0 radical (unpaired) electrons. The molecule has 0 spiro atoms. The van der Waals surface area contributed by atoms with Crippen molar-refractivity contribution in [2.75, 3.05) is 0 Å². The van der Waals surface area contributed by atoms with Gasteiger partial charge >= 0.3 is 51.2 Å². The van der Waals surface area contributed by atoms with Gasteiger partial charge in [-0.1, -0.05) is 0 Å². The van der Waals surface area contributed by atoms with Crippen molar-refractivity contribution in [3.63, 3.8) is 0 Å². The maximum absolute atomic E-state index is 13.0. The minimum atomic E-state index is -8.26. The van der Waals surface area contributed by atoms with Crippen molar-refractivity contribution in [2.24, 2.45) is 0 Å². The summed E-state index contributed by atoms with van der Waals surface area (Å²) in [6.07, 6.45) is -14.6. The lowest BCUT2D eigenvalue weighted by atomic mass is 9.93. The highest BCUT2D eigenvalue weighted by Crippen LogP contribution is 2.59. The Hall–Kier alpha value is -1.21. The summed E-state index contributed by atoms with van der Waals surface area (Å²) >= 11 is 0. The van der Waals surface area contributed by atoms with Gasteiger partial charge in [-0.25, -0.2) is 4.39 Å². The van der Waals surface area contributed by atoms with Gasteiger partial charge < -0.3 is 0 Å². The smallest absolute Gasteiger partial charge is 0.281 e. The Kier molecular flexibility index (Phi) is 6.12. The quantitative estimate of drug-likeness (QED) is 0.429. The predicted octanol–water partition coefficient (Wildman–Crippen LogP) is 4.54. The van der Waals surface area contributed by atoms with Gasteiger partial charge in [-0.3, -0.25) is 4.55 Å². The Labute approximate surface area is 142 Å². The average molecular weight is 482 g/mol. The Balaban J connectivity index is 6.57. The number of hydrogen-bond donors (Lipinski definition) is 1. The van der Waals surface area contributed by atoms with Crippen LogP contribution in [0.25, 0.3) is 0 Å². The molecule has 0 aromatic carbocycles. The fourth-order valence-corrected chi connectivity index (χ4v) is 1.75. The van der Waals surface area contributed by atoms with Crippen LogP contribution in [0.2, 0.25) is 0 Å². The molecule has 170 valence electrons. The first-order chi connectivity index (χ1) is 11.7. The van der Waals surface area contributed by atoms with Crippen LogP contribution in [0.15, 0.2) is 0 Å². The van der Waals surface area contributed by atoms with Gasteiger partial charge in [0.1, 0.15) is 0 Å². The first-order valence-corrected chi connectivity index (χ1v) is 7.04. The molecule has 3 nitrogen and oxygen atoms in total. The monoisotopic (exact) mass is 482 g/mol. The normalized spacial score (nSPS) is 17.6. The van der Waals surface area contributed by atoms with Crippen LogP contribution < -0.4 is 0 Å². The van der Waals surface area contributed by atoms with Crippen molar-refractivity contribution in [1.29, 1.82) is 0 Å². The lowest BCUT2D eigenvalue weighted by molar-refractivity contribution is -0.418. The molecular weight excluding hydrogens is 480 g/mol. The van der Waals surface area contributed by atoms with Gasteiger partial charge in [-0.05, 0) is 0 Å². The molecule has 1 atom stereocenters. The van der Waals surface area contributed by atoms with Crippen molar-refractivity contribution < 1.29 is 83.2 Å². The van der Waals surface area contributed by atoms with Gasteiger partial charge in [0.15, 0.2) is 0 Å². The zero-order valence-electron chi connectivity index (χ0n) is 11.8. The molecular formula is C8H2F16O3S. The van der Waals surface area contributed by atoms with Gasteiger partial charge in [-0.15, -0.1) is 0 Å². The molecule has 0 aliphatic heterocycles. The highest BCUT2D eigenvalue weighted by molar-refractivity contribution is 7.87. The standard InChI is InChI=1S/C8H2F16O3S/c9-1(2(10,11)4(14,15)6(18,19)7(20,21)22)3(12,13)5(16,17)8(23,24)28(25,26)27/h1H,(H,25,26,27). The topological polar surface area (TPSA) is 54.4 Å². The van der Waals surface area contributed by atoms with Crippen LogP contribution in [0.4, 0.5) is 70.2 Å². The molecule has 1 unspecified atom stereocenters. The summed E-state index contributed by atoms with van der Waals surface area (Å²) in [5.41, 5.74) is 0. The summed E-state index contributed by atoms with van der Waals surface area (Å²) in [6.45, 7) is 0. The molecule has 0 aromatic heterocycles. The van der Waals surface area contributed by atoms with Gasteiger partial charge in [0.2, 0.25) is 6.17 Å². The second kappa shape index (κ2) is 6.39. The second-order valence-corrected chi connectivity index (χ2v) is 6.28. The van der Waals surface area contributed by atoms with E-state index in [0.29, 0.717) is 0 Å². The number of rotatable bonds is 7. The Bertz CT molecular complexity index is 691. The maximum atomic E-state index is 13.0. The highest BCUT2D eigenvalue weighted by atomic mass is 32.2. The van der Waals surface area contributed by atoms with E-state index in [1.54, 1.807) is 0 Å². The van der Waals surface area contributed by atoms with Crippen LogP contribution in [0.3, 0.4) is 0 Å². The van der Waals surface area contributed by atoms with Crippen LogP contribution in [-0.2, 0) is 10.1 Å². The third-order valence-corrected chi connectivity index (χ3v) is 3.82. The van der Waals surface area contributed by atoms with E-state index in [2.05, 4.69) is 0 Å². The molecule has 0 saturated carbocycles. The molecule has 0 saturated heterocycles. The summed E-state index contributed by atoms with van der Waals surface area (Å²) in [4.78, 5) is 0. The summed E-state index contributed by atoms with van der Waals surface area (Å²) in [5.74, 6) is -40.5. The summed E-state index contributed by atoms with van der Waals surface area (Å²) in [6, 6.07) is 0. The number of halogens is 16. The molecule has 28 heavy (non-hydrogen) atoms. The molecule has 0 heterocycles. The lowest BCUT2D eigenvalue weighted by Crippen LogP contribution is -2.70. The Morgan fingerprint density at radius 3 is 1.11 bits per heavy atom. The molecule has 1 N–H and O–H groups in total. The van der Waals surface area contributed by atoms with Crippen LogP contribution >= 0.6 is 0 Å². The summed E-state index contributed by atoms with van der Waals surface area (Å²) in [5, 5.41) is -7.58. The van der Waals surface area contributed by atoms with E-state index in [0.717, 1.165) is 0 Å². The van der Waals surface area contributed by atoms with E-state index >= 15 is 0 Å². The fourth-order valence-electron chi connectivity index (χ4n) is 1.29. The molecule has 0 amide bonds. The van der Waals surface area contributed by atoms with Gasteiger partial charge in [0.05, 0.1) is 0 Å². The minimum Gasteiger partial charge on any atom is -0.281 e. The van der Waals surface area contributed by atoms with E-state index in [1.165, 1.54) is 0 Å². The highest BCUT2D eigenvalue weighted by Gasteiger charge is 2.89. The minimum absolute atomic E-state index is 6.94. The van der Waals surface area contributed by atoms with Gasteiger partial charge in [0.25, 0.3) is 0 Å². The maximum Gasteiger partial charge on any atom is 0.460 e. The van der Waals surface area contributed by atoms with E-state index in [1.807, 2.05) is 0 Å². The van der Waals surface area contributed by atoms with Crippen molar-refractivity contribution in [3.8, 4) is 0 Å². The molecule has 0 aliphatic rings. The lowest BCUT2D eigenvalue weighted by Gasteiger charge is -2.39. The first kappa shape index (κ1) is 26.8. The van der Waals surface area contributed by atoms with Crippen molar-refractivity contribution in [3.05, 3.63) is 0 Å². The van der Waals surface area contributed by atoms with Crippen LogP contribution in [0, 0.1) is 0 Å². The van der Waals surface area contributed by atoms with E-state index < -0.39 is 57.3 Å². The Morgan fingerprint density at radius 1 is 0.571 bits per heavy atom. The average Bonchev–Trinajstić information content (AvgIpc) is 2.42. The van der Waals surface area contributed by atoms with Crippen LogP contribution in [0.5, 0.6) is 0 Å². The molecule has 0 bridgehead atoms. The predicted molar refractivity (Wildman–Crippen MR) is 52.2 cm³/mol. The van der Waals surface area contributed by atoms with Crippen LogP contribution in [0.1, 0.15) is 0 Å². The zero-order chi connectivity index (χ0) is 23.6. The van der Waals surface area contributed by atoms with Gasteiger partial charge in [0, 0.05) is 0 Å². The van der Waals surface area contributed by atoms with E-state index in [9.17, 15) is 78.7 Å². The zero-order valence-corrected chi connectivity index (χ0v) is 12.6. The first-order valence-electron chi connectivity index (χ1n) is 5.60. The molecule has 0 aromatic rings. The third-order valence-electron chi connectivity index (χ3n) is 2.91. The van der Waals surface area contributed by atoms with E-state index in [4.69, 9.17) is 4.55 Å². The van der Waals surface area contributed by atoms with Crippen molar-refractivity contribution in [2.45, 2.75) is 47.2 Å². The molecule has 0 aliphatic carbocycles. The largest absolute Gasteiger partial charge is 0.460 e. The number of hydrogen-bond acceptors (Lipinski definition) is 2. The molecule has 20 heteroatoms. The Morgan fingerprint density at radius 2 is 0.857 bits per heavy atom. The van der Waals surface area contributed by atoms with Crippen molar-refractivity contribution >= 4 is 10.1 Å². The van der Waals surface area contributed by atoms with Gasteiger partial charge in [-0.2, -0.15) is 74.3 Å².